The Balaban J connectivity index is 1.66. The quantitative estimate of drug-likeness (QED) is 0.320. The summed E-state index contributed by atoms with van der Waals surface area (Å²) in [7, 11) is 1.69. The Morgan fingerprint density at radius 2 is 1.69 bits per heavy atom. The molecule has 1 aliphatic heterocycles. The van der Waals surface area contributed by atoms with Crippen LogP contribution >= 0.6 is 23.2 Å². The van der Waals surface area contributed by atoms with E-state index >= 15 is 0 Å². The standard InChI is InChI=1S/C25H19Cl2N7O/c1-34-19-12-9-16(27)13-18(19)20(14-5-3-2-4-6-14)29-23(25(34)35)21-22(24(28)33-31-21)32-30-17-10-7-15(26)8-11-17/h2-13,23H,1H3,(H3,28,31,33). The number of nitrogen functional groups attached to an aromatic ring is 1. The van der Waals surface area contributed by atoms with E-state index in [2.05, 4.69) is 20.4 Å². The van der Waals surface area contributed by atoms with Crippen LogP contribution in [-0.4, -0.2) is 28.9 Å². The number of aliphatic imine (C=N–C) groups is 1. The largest absolute Gasteiger partial charge is 0.380 e. The van der Waals surface area contributed by atoms with Gasteiger partial charge >= 0.3 is 0 Å². The van der Waals surface area contributed by atoms with E-state index in [-0.39, 0.29) is 17.4 Å². The summed E-state index contributed by atoms with van der Waals surface area (Å²) in [5, 5.41) is 16.6. The fraction of sp³-hybridized carbons (Fsp3) is 0.0800. The van der Waals surface area contributed by atoms with Gasteiger partial charge in [-0.1, -0.05) is 53.5 Å². The van der Waals surface area contributed by atoms with E-state index in [1.165, 1.54) is 0 Å². The molecule has 0 saturated carbocycles. The summed E-state index contributed by atoms with van der Waals surface area (Å²) in [6, 6.07) is 20.8. The Morgan fingerprint density at radius 1 is 0.971 bits per heavy atom. The van der Waals surface area contributed by atoms with Gasteiger partial charge in [0.1, 0.15) is 0 Å². The number of H-pyrrole nitrogens is 1. The molecule has 8 nitrogen and oxygen atoms in total. The number of azo groups is 1. The van der Waals surface area contributed by atoms with Crippen LogP contribution in [0.15, 0.2) is 88.0 Å². The van der Waals surface area contributed by atoms with E-state index in [1.54, 1.807) is 54.4 Å². The average molecular weight is 504 g/mol. The molecule has 1 atom stereocenters. The van der Waals surface area contributed by atoms with Crippen molar-refractivity contribution < 1.29 is 4.79 Å². The first-order valence-corrected chi connectivity index (χ1v) is 11.4. The summed E-state index contributed by atoms with van der Waals surface area (Å²) in [4.78, 5) is 20.1. The van der Waals surface area contributed by atoms with E-state index in [4.69, 9.17) is 33.9 Å². The van der Waals surface area contributed by atoms with Gasteiger partial charge < -0.3 is 10.6 Å². The van der Waals surface area contributed by atoms with Crippen molar-refractivity contribution >= 4 is 57.7 Å². The third-order valence-corrected chi connectivity index (χ3v) is 6.09. The van der Waals surface area contributed by atoms with Crippen molar-refractivity contribution in [1.29, 1.82) is 0 Å². The minimum atomic E-state index is -0.995. The lowest BCUT2D eigenvalue weighted by molar-refractivity contribution is -0.119. The summed E-state index contributed by atoms with van der Waals surface area (Å²) < 4.78 is 0. The van der Waals surface area contributed by atoms with Crippen molar-refractivity contribution in [3.63, 3.8) is 0 Å². The van der Waals surface area contributed by atoms with Crippen LogP contribution < -0.4 is 10.6 Å². The summed E-state index contributed by atoms with van der Waals surface area (Å²) in [6.45, 7) is 0. The van der Waals surface area contributed by atoms with Crippen molar-refractivity contribution in [2.45, 2.75) is 6.04 Å². The lowest BCUT2D eigenvalue weighted by Crippen LogP contribution is -2.30. The van der Waals surface area contributed by atoms with Crippen LogP contribution in [0.5, 0.6) is 0 Å². The SMILES string of the molecule is CN1C(=O)C(c2[nH]nc(N)c2N=Nc2ccc(Cl)cc2)N=C(c2ccccc2)c2cc(Cl)ccc21. The molecule has 1 aromatic heterocycles. The highest BCUT2D eigenvalue weighted by Crippen LogP contribution is 2.38. The number of hydrogen-bond donors (Lipinski definition) is 2. The summed E-state index contributed by atoms with van der Waals surface area (Å²) in [5.74, 6) is -0.180. The lowest BCUT2D eigenvalue weighted by Gasteiger charge is -2.20. The number of hydrogen-bond acceptors (Lipinski definition) is 6. The molecule has 1 amide bonds. The summed E-state index contributed by atoms with van der Waals surface area (Å²) in [6.07, 6.45) is 0. The van der Waals surface area contributed by atoms with Gasteiger partial charge in [0.25, 0.3) is 5.91 Å². The van der Waals surface area contributed by atoms with Crippen LogP contribution in [0.3, 0.4) is 0 Å². The number of benzodiazepines with no additional fused rings is 1. The zero-order chi connectivity index (χ0) is 24.5. The molecule has 174 valence electrons. The third kappa shape index (κ3) is 4.41. The van der Waals surface area contributed by atoms with Crippen LogP contribution in [0, 0.1) is 0 Å². The van der Waals surface area contributed by atoms with E-state index in [9.17, 15) is 4.79 Å². The number of rotatable bonds is 4. The third-order valence-electron chi connectivity index (χ3n) is 5.61. The molecule has 2 heterocycles. The van der Waals surface area contributed by atoms with E-state index in [0.29, 0.717) is 32.8 Å². The summed E-state index contributed by atoms with van der Waals surface area (Å²) >= 11 is 12.3. The molecular weight excluding hydrogens is 485 g/mol. The van der Waals surface area contributed by atoms with Gasteiger partial charge in [0, 0.05) is 28.2 Å². The number of carbonyl (C=O) groups is 1. The zero-order valence-electron chi connectivity index (χ0n) is 18.5. The van der Waals surface area contributed by atoms with Crippen LogP contribution in [-0.2, 0) is 4.79 Å². The van der Waals surface area contributed by atoms with Gasteiger partial charge in [0.15, 0.2) is 17.5 Å². The van der Waals surface area contributed by atoms with Crippen LogP contribution in [0.4, 0.5) is 22.9 Å². The number of aromatic nitrogens is 2. The molecule has 0 saturated heterocycles. The van der Waals surface area contributed by atoms with Crippen molar-refractivity contribution in [2.24, 2.45) is 15.2 Å². The number of aromatic amines is 1. The first kappa shape index (κ1) is 22.8. The van der Waals surface area contributed by atoms with Gasteiger partial charge in [-0.05, 0) is 42.5 Å². The molecule has 0 bridgehead atoms. The van der Waals surface area contributed by atoms with E-state index < -0.39 is 6.04 Å². The molecule has 0 fully saturated rings. The molecule has 1 unspecified atom stereocenters. The number of fused-ring (bicyclic) bond motifs is 1. The fourth-order valence-electron chi connectivity index (χ4n) is 3.84. The topological polar surface area (TPSA) is 112 Å². The second-order valence-electron chi connectivity index (χ2n) is 7.85. The number of carbonyl (C=O) groups excluding carboxylic acids is 1. The summed E-state index contributed by atoms with van der Waals surface area (Å²) in [5.41, 5.74) is 10.1. The monoisotopic (exact) mass is 503 g/mol. The Hall–Kier alpha value is -4.01. The van der Waals surface area contributed by atoms with Crippen LogP contribution in [0.2, 0.25) is 10.0 Å². The molecule has 5 rings (SSSR count). The second kappa shape index (κ2) is 9.32. The normalized spacial score (nSPS) is 15.7. The molecule has 10 heteroatoms. The molecule has 4 aromatic rings. The second-order valence-corrected chi connectivity index (χ2v) is 8.73. The van der Waals surface area contributed by atoms with Crippen molar-refractivity contribution in [2.75, 3.05) is 17.7 Å². The zero-order valence-corrected chi connectivity index (χ0v) is 20.0. The van der Waals surface area contributed by atoms with E-state index in [1.807, 2.05) is 30.3 Å². The highest BCUT2D eigenvalue weighted by Gasteiger charge is 2.34. The number of anilines is 2. The highest BCUT2D eigenvalue weighted by molar-refractivity contribution is 6.32. The fourth-order valence-corrected chi connectivity index (χ4v) is 4.13. The highest BCUT2D eigenvalue weighted by atomic mass is 35.5. The number of amides is 1. The molecule has 0 spiro atoms. The first-order chi connectivity index (χ1) is 16.9. The van der Waals surface area contributed by atoms with Crippen molar-refractivity contribution in [3.05, 3.63) is 99.7 Å². The Labute approximate surface area is 211 Å². The lowest BCUT2D eigenvalue weighted by atomic mass is 10.0. The van der Waals surface area contributed by atoms with Gasteiger partial charge in [-0.25, -0.2) is 0 Å². The minimum Gasteiger partial charge on any atom is -0.380 e. The maximum absolute atomic E-state index is 13.7. The predicted octanol–water partition coefficient (Wildman–Crippen LogP) is 6.27. The van der Waals surface area contributed by atoms with E-state index in [0.717, 1.165) is 11.1 Å². The first-order valence-electron chi connectivity index (χ1n) is 10.6. The molecule has 3 aromatic carbocycles. The maximum Gasteiger partial charge on any atom is 0.257 e. The van der Waals surface area contributed by atoms with Crippen LogP contribution in [0.1, 0.15) is 22.9 Å². The molecule has 35 heavy (non-hydrogen) atoms. The van der Waals surface area contributed by atoms with Gasteiger partial charge in [0.2, 0.25) is 0 Å². The van der Waals surface area contributed by atoms with Gasteiger partial charge in [-0.2, -0.15) is 10.2 Å². The Morgan fingerprint density at radius 3 is 2.43 bits per heavy atom. The van der Waals surface area contributed by atoms with Crippen LogP contribution in [0.25, 0.3) is 0 Å². The van der Waals surface area contributed by atoms with Crippen molar-refractivity contribution in [3.8, 4) is 0 Å². The van der Waals surface area contributed by atoms with Crippen molar-refractivity contribution in [1.82, 2.24) is 10.2 Å². The molecule has 0 aliphatic carbocycles. The molecule has 0 radical (unpaired) electrons. The Kier molecular flexibility index (Phi) is 6.07. The number of nitrogens with two attached hydrogens (primary N) is 1. The molecular formula is C25H19Cl2N7O. The Bertz CT molecular complexity index is 1460. The number of halogens is 2. The van der Waals surface area contributed by atoms with Gasteiger partial charge in [-0.15, -0.1) is 5.11 Å². The predicted molar refractivity (Wildman–Crippen MR) is 138 cm³/mol. The number of likely N-dealkylation sites (N-methyl/N-ethyl adjacent to an activating group) is 1. The maximum atomic E-state index is 13.7. The average Bonchev–Trinajstić information content (AvgIpc) is 3.19. The van der Waals surface area contributed by atoms with Gasteiger partial charge in [0.05, 0.1) is 22.8 Å². The number of nitrogens with zero attached hydrogens (tertiary/aromatic N) is 5. The molecule has 1 aliphatic rings. The van der Waals surface area contributed by atoms with Gasteiger partial charge in [-0.3, -0.25) is 14.9 Å². The number of nitrogens with one attached hydrogen (secondary N) is 1. The molecule has 3 N–H and O–H groups in total. The number of benzene rings is 3. The minimum absolute atomic E-state index is 0.106. The smallest absolute Gasteiger partial charge is 0.257 e.